The highest BCUT2D eigenvalue weighted by Crippen LogP contribution is 2.27. The molecule has 20 heavy (non-hydrogen) atoms. The largest absolute Gasteiger partial charge is 0.398 e. The van der Waals surface area contributed by atoms with Gasteiger partial charge in [-0.3, -0.25) is 10.1 Å². The van der Waals surface area contributed by atoms with Crippen molar-refractivity contribution in [3.05, 3.63) is 58.1 Å². The third-order valence-electron chi connectivity index (χ3n) is 2.97. The molecule has 0 unspecified atom stereocenters. The molecular weight excluding hydrogens is 254 g/mol. The molecule has 0 aliphatic rings. The number of nitrogen functional groups attached to an aromatic ring is 1. The van der Waals surface area contributed by atoms with Crippen molar-refractivity contribution in [1.29, 1.82) is 0 Å². The summed E-state index contributed by atoms with van der Waals surface area (Å²) < 4.78 is 0. The van der Waals surface area contributed by atoms with Crippen molar-refractivity contribution in [2.75, 3.05) is 11.1 Å². The molecule has 2 aromatic carbocycles. The Balaban J connectivity index is 2.32. The van der Waals surface area contributed by atoms with Gasteiger partial charge in [-0.25, -0.2) is 0 Å². The molecule has 2 aromatic rings. The number of rotatable bonds is 5. The molecule has 0 heterocycles. The molecule has 0 aliphatic heterocycles. The molecule has 0 atom stereocenters. The van der Waals surface area contributed by atoms with Crippen LogP contribution in [-0.4, -0.2) is 4.92 Å². The molecule has 0 aliphatic carbocycles. The number of nitrogens with two attached hydrogens (primary N) is 1. The molecule has 0 saturated carbocycles. The fourth-order valence-electron chi connectivity index (χ4n) is 2.10. The molecule has 5 heteroatoms. The van der Waals surface area contributed by atoms with E-state index in [-0.39, 0.29) is 5.69 Å². The number of hydrogen-bond acceptors (Lipinski definition) is 4. The van der Waals surface area contributed by atoms with E-state index in [4.69, 9.17) is 5.73 Å². The second-order valence-electron chi connectivity index (χ2n) is 4.60. The molecule has 0 spiro atoms. The second-order valence-corrected chi connectivity index (χ2v) is 4.60. The molecule has 5 nitrogen and oxygen atoms in total. The number of nitro benzene ring substituents is 1. The van der Waals surface area contributed by atoms with Crippen LogP contribution in [0.25, 0.3) is 0 Å². The van der Waals surface area contributed by atoms with Gasteiger partial charge in [-0.15, -0.1) is 0 Å². The molecule has 0 amide bonds. The van der Waals surface area contributed by atoms with E-state index in [1.807, 2.05) is 24.3 Å². The van der Waals surface area contributed by atoms with Crippen LogP contribution in [0.15, 0.2) is 42.5 Å². The third kappa shape index (κ3) is 3.26. The van der Waals surface area contributed by atoms with E-state index in [1.54, 1.807) is 6.07 Å². The first-order chi connectivity index (χ1) is 9.60. The number of benzene rings is 2. The van der Waals surface area contributed by atoms with Crippen LogP contribution >= 0.6 is 0 Å². The van der Waals surface area contributed by atoms with E-state index in [9.17, 15) is 10.1 Å². The van der Waals surface area contributed by atoms with Crippen molar-refractivity contribution in [3.8, 4) is 0 Å². The molecule has 3 N–H and O–H groups in total. The van der Waals surface area contributed by atoms with Gasteiger partial charge in [-0.05, 0) is 24.1 Å². The zero-order chi connectivity index (χ0) is 14.5. The summed E-state index contributed by atoms with van der Waals surface area (Å²) in [4.78, 5) is 10.4. The first-order valence-electron chi connectivity index (χ1n) is 6.50. The van der Waals surface area contributed by atoms with Crippen LogP contribution < -0.4 is 11.1 Å². The van der Waals surface area contributed by atoms with Crippen LogP contribution in [0.3, 0.4) is 0 Å². The Kier molecular flexibility index (Phi) is 4.20. The number of hydrogen-bond donors (Lipinski definition) is 2. The van der Waals surface area contributed by atoms with E-state index >= 15 is 0 Å². The van der Waals surface area contributed by atoms with Crippen LogP contribution in [0.4, 0.5) is 22.7 Å². The molecule has 0 bridgehead atoms. The number of para-hydroxylation sites is 1. The minimum Gasteiger partial charge on any atom is -0.398 e. The lowest BCUT2D eigenvalue weighted by Crippen LogP contribution is -1.98. The highest BCUT2D eigenvalue weighted by atomic mass is 16.6. The summed E-state index contributed by atoms with van der Waals surface area (Å²) >= 11 is 0. The molecule has 0 aromatic heterocycles. The van der Waals surface area contributed by atoms with Gasteiger partial charge in [0.05, 0.1) is 4.92 Å². The van der Waals surface area contributed by atoms with Gasteiger partial charge in [-0.2, -0.15) is 0 Å². The maximum atomic E-state index is 10.8. The van der Waals surface area contributed by atoms with Crippen LogP contribution in [-0.2, 0) is 6.42 Å². The van der Waals surface area contributed by atoms with Crippen molar-refractivity contribution in [3.63, 3.8) is 0 Å². The Morgan fingerprint density at radius 3 is 2.70 bits per heavy atom. The summed E-state index contributed by atoms with van der Waals surface area (Å²) in [6.07, 6.45) is 1.99. The van der Waals surface area contributed by atoms with E-state index in [1.165, 1.54) is 17.7 Å². The van der Waals surface area contributed by atoms with Crippen molar-refractivity contribution in [2.45, 2.75) is 19.8 Å². The Hall–Kier alpha value is -2.56. The van der Waals surface area contributed by atoms with E-state index < -0.39 is 4.92 Å². The van der Waals surface area contributed by atoms with Crippen LogP contribution in [0.1, 0.15) is 18.9 Å². The lowest BCUT2D eigenvalue weighted by atomic mass is 10.1. The molecule has 0 fully saturated rings. The van der Waals surface area contributed by atoms with E-state index in [0.717, 1.165) is 18.5 Å². The van der Waals surface area contributed by atoms with Crippen molar-refractivity contribution in [2.24, 2.45) is 0 Å². The van der Waals surface area contributed by atoms with E-state index in [2.05, 4.69) is 12.2 Å². The maximum absolute atomic E-state index is 10.8. The standard InChI is InChI=1S/C15H17N3O2/c1-2-5-11-6-3-4-7-15(11)17-13-8-12(16)9-14(10-13)18(19)20/h3-4,6-10,17H,2,5,16H2,1H3. The van der Waals surface area contributed by atoms with Gasteiger partial charge in [0.25, 0.3) is 5.69 Å². The lowest BCUT2D eigenvalue weighted by molar-refractivity contribution is -0.384. The average molecular weight is 271 g/mol. The molecular formula is C15H17N3O2. The summed E-state index contributed by atoms with van der Waals surface area (Å²) in [6.45, 7) is 2.11. The highest BCUT2D eigenvalue weighted by molar-refractivity contribution is 5.69. The number of nitrogens with one attached hydrogen (secondary N) is 1. The fourth-order valence-corrected chi connectivity index (χ4v) is 2.10. The smallest absolute Gasteiger partial charge is 0.273 e. The minimum atomic E-state index is -0.445. The quantitative estimate of drug-likeness (QED) is 0.491. The summed E-state index contributed by atoms with van der Waals surface area (Å²) in [5, 5.41) is 14.1. The number of nitrogens with zero attached hydrogens (tertiary/aromatic N) is 1. The zero-order valence-electron chi connectivity index (χ0n) is 11.3. The second kappa shape index (κ2) is 6.06. The van der Waals surface area contributed by atoms with Gasteiger partial charge in [0, 0.05) is 29.2 Å². The lowest BCUT2D eigenvalue weighted by Gasteiger charge is -2.12. The Bertz CT molecular complexity index is 626. The first-order valence-corrected chi connectivity index (χ1v) is 6.50. The van der Waals surface area contributed by atoms with Crippen LogP contribution in [0.2, 0.25) is 0 Å². The predicted molar refractivity (Wildman–Crippen MR) is 81.2 cm³/mol. The summed E-state index contributed by atoms with van der Waals surface area (Å²) in [6, 6.07) is 12.4. The van der Waals surface area contributed by atoms with Crippen LogP contribution in [0.5, 0.6) is 0 Å². The Morgan fingerprint density at radius 1 is 1.25 bits per heavy atom. The topological polar surface area (TPSA) is 81.2 Å². The maximum Gasteiger partial charge on any atom is 0.273 e. The molecule has 2 rings (SSSR count). The highest BCUT2D eigenvalue weighted by Gasteiger charge is 2.09. The van der Waals surface area contributed by atoms with Gasteiger partial charge in [0.2, 0.25) is 0 Å². The van der Waals surface area contributed by atoms with Crippen molar-refractivity contribution >= 4 is 22.7 Å². The van der Waals surface area contributed by atoms with Gasteiger partial charge in [0.1, 0.15) is 0 Å². The molecule has 0 radical (unpaired) electrons. The Labute approximate surface area is 117 Å². The van der Waals surface area contributed by atoms with Gasteiger partial charge >= 0.3 is 0 Å². The van der Waals surface area contributed by atoms with Gasteiger partial charge in [-0.1, -0.05) is 31.5 Å². The summed E-state index contributed by atoms with van der Waals surface area (Å²) in [5.41, 5.74) is 8.82. The van der Waals surface area contributed by atoms with Gasteiger partial charge < -0.3 is 11.1 Å². The number of nitro groups is 1. The monoisotopic (exact) mass is 271 g/mol. The molecule has 104 valence electrons. The first kappa shape index (κ1) is 13.9. The minimum absolute atomic E-state index is 0.0135. The SMILES string of the molecule is CCCc1ccccc1Nc1cc(N)cc([N+](=O)[O-])c1. The predicted octanol–water partition coefficient (Wildman–Crippen LogP) is 3.87. The third-order valence-corrected chi connectivity index (χ3v) is 2.97. The van der Waals surface area contributed by atoms with Crippen molar-refractivity contribution in [1.82, 2.24) is 0 Å². The number of aryl methyl sites for hydroxylation is 1. The van der Waals surface area contributed by atoms with E-state index in [0.29, 0.717) is 11.4 Å². The van der Waals surface area contributed by atoms with Crippen molar-refractivity contribution < 1.29 is 4.92 Å². The number of non-ortho nitro benzene ring substituents is 1. The molecule has 0 saturated heterocycles. The summed E-state index contributed by atoms with van der Waals surface area (Å²) in [7, 11) is 0. The Morgan fingerprint density at radius 2 is 2.00 bits per heavy atom. The normalized spacial score (nSPS) is 10.2. The zero-order valence-corrected chi connectivity index (χ0v) is 11.3. The average Bonchev–Trinajstić information content (AvgIpc) is 2.40. The van der Waals surface area contributed by atoms with Crippen LogP contribution in [0, 0.1) is 10.1 Å². The number of anilines is 3. The fraction of sp³-hybridized carbons (Fsp3) is 0.200. The summed E-state index contributed by atoms with van der Waals surface area (Å²) in [5.74, 6) is 0. The van der Waals surface area contributed by atoms with Gasteiger partial charge in [0.15, 0.2) is 0 Å².